The van der Waals surface area contributed by atoms with Crippen LogP contribution in [0.3, 0.4) is 0 Å². The van der Waals surface area contributed by atoms with Crippen molar-refractivity contribution in [1.82, 2.24) is 15.5 Å². The topological polar surface area (TPSA) is 94.3 Å². The molecule has 0 bridgehead atoms. The Balaban J connectivity index is 1.87. The molecule has 0 unspecified atom stereocenters. The Kier molecular flexibility index (Phi) is 5.57. The number of Topliss-reactive ketones (excluding diaryl/α,β-unsaturated/α-hetero) is 1. The maximum Gasteiger partial charge on any atom is 0.408 e. The fourth-order valence-corrected chi connectivity index (χ4v) is 2.99. The van der Waals surface area contributed by atoms with Gasteiger partial charge in [-0.1, -0.05) is 0 Å². The maximum absolute atomic E-state index is 12.1. The van der Waals surface area contributed by atoms with Gasteiger partial charge in [-0.2, -0.15) is 0 Å². The Morgan fingerprint density at radius 2 is 1.92 bits per heavy atom. The molecule has 1 aliphatic carbocycles. The highest BCUT2D eigenvalue weighted by Crippen LogP contribution is 2.41. The summed E-state index contributed by atoms with van der Waals surface area (Å²) in [5, 5.41) is 10.2. The fourth-order valence-electron chi connectivity index (χ4n) is 1.79. The fraction of sp³-hybridized carbons (Fsp3) is 0.750. The molecule has 1 amide bonds. The summed E-state index contributed by atoms with van der Waals surface area (Å²) in [4.78, 5) is 23.6. The molecule has 1 N–H and O–H groups in total. The van der Waals surface area contributed by atoms with Crippen LogP contribution < -0.4 is 5.32 Å². The number of nitrogens with one attached hydrogen (secondary N) is 1. The van der Waals surface area contributed by atoms with E-state index in [1.54, 1.807) is 32.5 Å². The summed E-state index contributed by atoms with van der Waals surface area (Å²) in [6.45, 7) is 9.01. The minimum absolute atomic E-state index is 0.0962. The van der Waals surface area contributed by atoms with Gasteiger partial charge in [0.1, 0.15) is 5.60 Å². The Morgan fingerprint density at radius 3 is 2.50 bits per heavy atom. The second-order valence-corrected chi connectivity index (χ2v) is 9.10. The van der Waals surface area contributed by atoms with E-state index < -0.39 is 17.5 Å². The lowest BCUT2D eigenvalue weighted by Crippen LogP contribution is -2.35. The first-order chi connectivity index (χ1) is 11.1. The number of carbonyl (C=O) groups excluding carboxylic acids is 2. The molecule has 1 heterocycles. The summed E-state index contributed by atoms with van der Waals surface area (Å²) >= 11 is 1.75. The van der Waals surface area contributed by atoms with Gasteiger partial charge >= 0.3 is 6.09 Å². The lowest BCUT2D eigenvalue weighted by atomic mass is 10.2. The monoisotopic (exact) mass is 355 g/mol. The number of amides is 1. The largest absolute Gasteiger partial charge is 0.444 e. The van der Waals surface area contributed by atoms with E-state index in [4.69, 9.17) is 9.15 Å². The predicted molar refractivity (Wildman–Crippen MR) is 91.1 cm³/mol. The molecule has 0 radical (unpaired) electrons. The number of aromatic nitrogens is 2. The third kappa shape index (κ3) is 5.81. The van der Waals surface area contributed by atoms with Gasteiger partial charge in [-0.05, 0) is 59.1 Å². The molecular weight excluding hydrogens is 330 g/mol. The zero-order valence-electron chi connectivity index (χ0n) is 14.8. The van der Waals surface area contributed by atoms with Crippen molar-refractivity contribution in [2.75, 3.05) is 12.3 Å². The lowest BCUT2D eigenvalue weighted by molar-refractivity contribution is 0.0518. The van der Waals surface area contributed by atoms with Gasteiger partial charge < -0.3 is 14.5 Å². The second-order valence-electron chi connectivity index (χ2n) is 7.46. The molecule has 7 nitrogen and oxygen atoms in total. The van der Waals surface area contributed by atoms with Crippen molar-refractivity contribution in [2.45, 2.75) is 57.8 Å². The standard InChI is InChI=1S/C16H25N3O4S/c1-15(2,3)23-14(21)17-8-11(20)12-18-19-13(22-12)16(4,5)24-9-10-6-7-10/h10H,6-9H2,1-5H3,(H,17,21). The van der Waals surface area contributed by atoms with E-state index in [1.165, 1.54) is 12.8 Å². The number of carbonyl (C=O) groups is 2. The van der Waals surface area contributed by atoms with E-state index in [0.717, 1.165) is 11.7 Å². The number of ether oxygens (including phenoxy) is 1. The van der Waals surface area contributed by atoms with Crippen LogP contribution in [0.25, 0.3) is 0 Å². The summed E-state index contributed by atoms with van der Waals surface area (Å²) in [7, 11) is 0. The molecule has 2 rings (SSSR count). The SMILES string of the molecule is CC(C)(C)OC(=O)NCC(=O)c1nnc(C(C)(C)SCC2CC2)o1. The highest BCUT2D eigenvalue weighted by atomic mass is 32.2. The lowest BCUT2D eigenvalue weighted by Gasteiger charge is -2.19. The van der Waals surface area contributed by atoms with Crippen molar-refractivity contribution in [3.05, 3.63) is 11.8 Å². The Morgan fingerprint density at radius 1 is 1.25 bits per heavy atom. The van der Waals surface area contributed by atoms with E-state index in [-0.39, 0.29) is 17.2 Å². The minimum atomic E-state index is -0.657. The van der Waals surface area contributed by atoms with Gasteiger partial charge in [0.05, 0.1) is 11.3 Å². The summed E-state index contributed by atoms with van der Waals surface area (Å²) in [5.74, 6) is 1.73. The van der Waals surface area contributed by atoms with Crippen molar-refractivity contribution in [1.29, 1.82) is 0 Å². The van der Waals surface area contributed by atoms with E-state index in [1.807, 2.05) is 13.8 Å². The van der Waals surface area contributed by atoms with Crippen LogP contribution >= 0.6 is 11.8 Å². The second kappa shape index (κ2) is 7.13. The van der Waals surface area contributed by atoms with Gasteiger partial charge in [0.15, 0.2) is 0 Å². The molecule has 0 atom stereocenters. The smallest absolute Gasteiger partial charge is 0.408 e. The van der Waals surface area contributed by atoms with Crippen LogP contribution in [0.1, 0.15) is 64.0 Å². The molecule has 1 saturated carbocycles. The molecule has 0 aliphatic heterocycles. The van der Waals surface area contributed by atoms with Gasteiger partial charge in [-0.3, -0.25) is 4.79 Å². The number of alkyl carbamates (subject to hydrolysis) is 1. The first-order valence-electron chi connectivity index (χ1n) is 8.05. The van der Waals surface area contributed by atoms with Crippen LogP contribution in [-0.2, 0) is 9.48 Å². The summed E-state index contributed by atoms with van der Waals surface area (Å²) in [6, 6.07) is 0. The first-order valence-corrected chi connectivity index (χ1v) is 9.03. The number of rotatable bonds is 7. The summed E-state index contributed by atoms with van der Waals surface area (Å²) in [6.07, 6.45) is 1.91. The summed E-state index contributed by atoms with van der Waals surface area (Å²) < 4.78 is 10.2. The highest BCUT2D eigenvalue weighted by Gasteiger charge is 2.32. The van der Waals surface area contributed by atoms with Gasteiger partial charge in [-0.15, -0.1) is 22.0 Å². The van der Waals surface area contributed by atoms with Gasteiger partial charge in [0, 0.05) is 0 Å². The van der Waals surface area contributed by atoms with Gasteiger partial charge in [-0.25, -0.2) is 4.79 Å². The van der Waals surface area contributed by atoms with Gasteiger partial charge in [0.25, 0.3) is 5.89 Å². The first kappa shape index (κ1) is 18.8. The van der Waals surface area contributed by atoms with Crippen molar-refractivity contribution in [3.63, 3.8) is 0 Å². The number of nitrogens with zero attached hydrogens (tertiary/aromatic N) is 2. The van der Waals surface area contributed by atoms with Crippen molar-refractivity contribution in [2.24, 2.45) is 5.92 Å². The molecule has 1 fully saturated rings. The Bertz CT molecular complexity index is 603. The Hall–Kier alpha value is -1.57. The van der Waals surface area contributed by atoms with Crippen molar-refractivity contribution >= 4 is 23.6 Å². The van der Waals surface area contributed by atoms with Crippen LogP contribution in [-0.4, -0.2) is 40.0 Å². The molecule has 1 aromatic heterocycles. The number of hydrogen-bond donors (Lipinski definition) is 1. The zero-order chi connectivity index (χ0) is 18.0. The zero-order valence-corrected chi connectivity index (χ0v) is 15.7. The van der Waals surface area contributed by atoms with Crippen molar-refractivity contribution < 1.29 is 18.7 Å². The number of thioether (sulfide) groups is 1. The highest BCUT2D eigenvalue weighted by molar-refractivity contribution is 8.00. The molecule has 0 aromatic carbocycles. The molecular formula is C16H25N3O4S. The molecule has 134 valence electrons. The molecule has 0 saturated heterocycles. The van der Waals surface area contributed by atoms with E-state index in [9.17, 15) is 9.59 Å². The van der Waals surface area contributed by atoms with Crippen LogP contribution in [0.2, 0.25) is 0 Å². The number of hydrogen-bond acceptors (Lipinski definition) is 7. The quantitative estimate of drug-likeness (QED) is 0.751. The average Bonchev–Trinajstić information content (AvgIpc) is 3.14. The van der Waals surface area contributed by atoms with Gasteiger partial charge in [0.2, 0.25) is 11.7 Å². The molecule has 24 heavy (non-hydrogen) atoms. The maximum atomic E-state index is 12.1. The van der Waals surface area contributed by atoms with Crippen molar-refractivity contribution in [3.8, 4) is 0 Å². The minimum Gasteiger partial charge on any atom is -0.444 e. The van der Waals surface area contributed by atoms with Crippen LogP contribution in [0.4, 0.5) is 4.79 Å². The third-order valence-electron chi connectivity index (χ3n) is 3.35. The van der Waals surface area contributed by atoms with E-state index in [0.29, 0.717) is 5.89 Å². The third-order valence-corrected chi connectivity index (χ3v) is 4.88. The van der Waals surface area contributed by atoms with Crippen LogP contribution in [0.15, 0.2) is 4.42 Å². The normalized spacial score (nSPS) is 15.2. The molecule has 1 aromatic rings. The van der Waals surface area contributed by atoms with E-state index >= 15 is 0 Å². The average molecular weight is 355 g/mol. The summed E-state index contributed by atoms with van der Waals surface area (Å²) in [5.41, 5.74) is -0.617. The number of ketones is 1. The van der Waals surface area contributed by atoms with Crippen LogP contribution in [0.5, 0.6) is 0 Å². The molecule has 1 aliphatic rings. The molecule has 0 spiro atoms. The van der Waals surface area contributed by atoms with E-state index in [2.05, 4.69) is 15.5 Å². The molecule has 8 heteroatoms. The van der Waals surface area contributed by atoms with Crippen LogP contribution in [0, 0.1) is 5.92 Å². The predicted octanol–water partition coefficient (Wildman–Crippen LogP) is 3.16. The Labute approximate surface area is 146 Å².